The number of halogens is 1. The van der Waals surface area contributed by atoms with Crippen LogP contribution < -0.4 is 15.6 Å². The van der Waals surface area contributed by atoms with E-state index in [-0.39, 0.29) is 34.7 Å². The third-order valence-corrected chi connectivity index (χ3v) is 4.61. The van der Waals surface area contributed by atoms with Gasteiger partial charge in [-0.3, -0.25) is 10.1 Å². The number of anilines is 4. The summed E-state index contributed by atoms with van der Waals surface area (Å²) in [6.07, 6.45) is 1.22. The highest BCUT2D eigenvalue weighted by atomic mass is 19.1. The first-order chi connectivity index (χ1) is 16.0. The number of aromatic nitrogens is 3. The van der Waals surface area contributed by atoms with Gasteiger partial charge in [0.1, 0.15) is 11.6 Å². The molecule has 1 fully saturated rings. The lowest BCUT2D eigenvalue weighted by Gasteiger charge is -2.27. The van der Waals surface area contributed by atoms with Gasteiger partial charge in [-0.25, -0.2) is 9.82 Å². The number of hydrazone groups is 1. The molecule has 0 radical (unpaired) electrons. The van der Waals surface area contributed by atoms with Gasteiger partial charge in [0.15, 0.2) is 0 Å². The van der Waals surface area contributed by atoms with Gasteiger partial charge in [0, 0.05) is 36.5 Å². The summed E-state index contributed by atoms with van der Waals surface area (Å²) in [7, 11) is 0. The molecule has 12 nitrogen and oxygen atoms in total. The first kappa shape index (κ1) is 21.8. The zero-order chi connectivity index (χ0) is 23.2. The van der Waals surface area contributed by atoms with E-state index in [1.54, 1.807) is 12.1 Å². The van der Waals surface area contributed by atoms with Crippen molar-refractivity contribution in [1.82, 2.24) is 15.0 Å². The number of benzene rings is 2. The minimum atomic E-state index is -0.571. The average molecular weight is 454 g/mol. The fourth-order valence-electron chi connectivity index (χ4n) is 2.96. The number of aromatic hydroxyl groups is 1. The molecule has 1 aliphatic heterocycles. The maximum Gasteiger partial charge on any atom is 0.270 e. The summed E-state index contributed by atoms with van der Waals surface area (Å²) in [5.41, 5.74) is 3.18. The van der Waals surface area contributed by atoms with Crippen LogP contribution in [0.3, 0.4) is 0 Å². The van der Waals surface area contributed by atoms with Gasteiger partial charge in [-0.05, 0) is 30.3 Å². The number of ether oxygens (including phenoxy) is 1. The minimum absolute atomic E-state index is 0.0947. The highest BCUT2D eigenvalue weighted by molar-refractivity contribution is 5.84. The molecule has 0 amide bonds. The number of non-ortho nitro benzene ring substituents is 1. The number of nitro benzene ring substituents is 1. The molecule has 170 valence electrons. The third kappa shape index (κ3) is 5.65. The maximum atomic E-state index is 13.2. The van der Waals surface area contributed by atoms with Gasteiger partial charge < -0.3 is 20.1 Å². The standard InChI is InChI=1S/C20H19FN8O4/c21-14-1-3-15(4-2-14)23-18-24-19(26-20(25-18)28-7-9-33-10-8-28)27-22-12-13-11-16(29(31)32)5-6-17(13)30/h1-6,11-12,30H,7-10H2,(H2,23,24,25,26,27)/b22-12+. The monoisotopic (exact) mass is 454 g/mol. The van der Waals surface area contributed by atoms with Crippen LogP contribution in [0.1, 0.15) is 5.56 Å². The largest absolute Gasteiger partial charge is 0.507 e. The molecule has 33 heavy (non-hydrogen) atoms. The van der Waals surface area contributed by atoms with Crippen LogP contribution in [0.2, 0.25) is 0 Å². The van der Waals surface area contributed by atoms with E-state index >= 15 is 0 Å². The van der Waals surface area contributed by atoms with Crippen LogP contribution in [0.15, 0.2) is 47.6 Å². The fraction of sp³-hybridized carbons (Fsp3) is 0.200. The van der Waals surface area contributed by atoms with Crippen molar-refractivity contribution in [2.45, 2.75) is 0 Å². The van der Waals surface area contributed by atoms with Crippen LogP contribution in [-0.2, 0) is 4.74 Å². The molecule has 3 N–H and O–H groups in total. The molecule has 1 saturated heterocycles. The number of morpholine rings is 1. The van der Waals surface area contributed by atoms with E-state index in [1.165, 1.54) is 36.5 Å². The molecule has 2 aromatic carbocycles. The van der Waals surface area contributed by atoms with E-state index in [0.717, 1.165) is 0 Å². The highest BCUT2D eigenvalue weighted by Gasteiger charge is 2.17. The lowest BCUT2D eigenvalue weighted by Crippen LogP contribution is -2.37. The van der Waals surface area contributed by atoms with Crippen molar-refractivity contribution in [3.8, 4) is 5.75 Å². The van der Waals surface area contributed by atoms with Crippen molar-refractivity contribution >= 4 is 35.4 Å². The summed E-state index contributed by atoms with van der Waals surface area (Å²) in [4.78, 5) is 25.3. The number of hydrogen-bond donors (Lipinski definition) is 3. The lowest BCUT2D eigenvalue weighted by molar-refractivity contribution is -0.384. The summed E-state index contributed by atoms with van der Waals surface area (Å²) < 4.78 is 18.6. The minimum Gasteiger partial charge on any atom is -0.507 e. The molecule has 0 bridgehead atoms. The average Bonchev–Trinajstić information content (AvgIpc) is 2.82. The number of phenolic OH excluding ortho intramolecular Hbond substituents is 1. The van der Waals surface area contributed by atoms with Gasteiger partial charge in [-0.15, -0.1) is 0 Å². The maximum absolute atomic E-state index is 13.2. The second-order valence-corrected chi connectivity index (χ2v) is 6.88. The summed E-state index contributed by atoms with van der Waals surface area (Å²) in [5.74, 6) is 0.140. The zero-order valence-electron chi connectivity index (χ0n) is 17.2. The van der Waals surface area contributed by atoms with Gasteiger partial charge in [-0.2, -0.15) is 20.1 Å². The Morgan fingerprint density at radius 2 is 1.85 bits per heavy atom. The first-order valence-electron chi connectivity index (χ1n) is 9.86. The van der Waals surface area contributed by atoms with Crippen LogP contribution in [0.4, 0.5) is 33.6 Å². The Hall–Kier alpha value is -4.39. The molecule has 1 aliphatic rings. The molecule has 3 aromatic rings. The van der Waals surface area contributed by atoms with Gasteiger partial charge >= 0.3 is 0 Å². The zero-order valence-corrected chi connectivity index (χ0v) is 17.2. The highest BCUT2D eigenvalue weighted by Crippen LogP contribution is 2.22. The van der Waals surface area contributed by atoms with Gasteiger partial charge in [0.25, 0.3) is 5.69 Å². The molecule has 4 rings (SSSR count). The molecule has 1 aromatic heterocycles. The van der Waals surface area contributed by atoms with E-state index in [0.29, 0.717) is 37.9 Å². The van der Waals surface area contributed by atoms with Crippen molar-refractivity contribution in [1.29, 1.82) is 0 Å². The van der Waals surface area contributed by atoms with Crippen molar-refractivity contribution in [3.63, 3.8) is 0 Å². The van der Waals surface area contributed by atoms with Crippen molar-refractivity contribution in [2.24, 2.45) is 5.10 Å². The van der Waals surface area contributed by atoms with Crippen molar-refractivity contribution in [3.05, 3.63) is 64.0 Å². The lowest BCUT2D eigenvalue weighted by atomic mass is 10.2. The summed E-state index contributed by atoms with van der Waals surface area (Å²) in [6, 6.07) is 9.29. The summed E-state index contributed by atoms with van der Waals surface area (Å²) in [5, 5.41) is 27.8. The van der Waals surface area contributed by atoms with E-state index in [1.807, 2.05) is 4.90 Å². The number of nitrogens with one attached hydrogen (secondary N) is 2. The first-order valence-corrected chi connectivity index (χ1v) is 9.86. The second-order valence-electron chi connectivity index (χ2n) is 6.88. The third-order valence-electron chi connectivity index (χ3n) is 4.61. The Labute approximate surface area is 186 Å². The normalized spacial score (nSPS) is 13.8. The topological polar surface area (TPSA) is 151 Å². The molecule has 0 saturated carbocycles. The summed E-state index contributed by atoms with van der Waals surface area (Å²) >= 11 is 0. The van der Waals surface area contributed by atoms with Gasteiger partial charge in [0.05, 0.1) is 24.4 Å². The molecular formula is C20H19FN8O4. The van der Waals surface area contributed by atoms with E-state index in [4.69, 9.17) is 4.74 Å². The van der Waals surface area contributed by atoms with Gasteiger partial charge in [-0.1, -0.05) is 0 Å². The SMILES string of the molecule is O=[N+]([O-])c1ccc(O)c(/C=N/Nc2nc(Nc3ccc(F)cc3)nc(N3CCOCC3)n2)c1. The van der Waals surface area contributed by atoms with Crippen LogP contribution >= 0.6 is 0 Å². The van der Waals surface area contributed by atoms with E-state index in [9.17, 15) is 19.6 Å². The predicted octanol–water partition coefficient (Wildman–Crippen LogP) is 2.65. The van der Waals surface area contributed by atoms with Crippen LogP contribution in [0.5, 0.6) is 5.75 Å². The van der Waals surface area contributed by atoms with Crippen LogP contribution in [-0.4, -0.2) is 57.5 Å². The van der Waals surface area contributed by atoms with Crippen molar-refractivity contribution in [2.75, 3.05) is 41.9 Å². The Kier molecular flexibility index (Phi) is 6.50. The Balaban J connectivity index is 1.58. The van der Waals surface area contributed by atoms with Crippen LogP contribution in [0.25, 0.3) is 0 Å². The number of rotatable bonds is 7. The quantitative estimate of drug-likeness (QED) is 0.276. The number of hydrogen-bond acceptors (Lipinski definition) is 11. The molecule has 0 unspecified atom stereocenters. The van der Waals surface area contributed by atoms with E-state index in [2.05, 4.69) is 30.8 Å². The molecule has 2 heterocycles. The van der Waals surface area contributed by atoms with E-state index < -0.39 is 4.92 Å². The molecule has 0 aliphatic carbocycles. The number of nitro groups is 1. The van der Waals surface area contributed by atoms with Gasteiger partial charge in [0.2, 0.25) is 17.8 Å². The Morgan fingerprint density at radius 1 is 1.12 bits per heavy atom. The molecule has 0 atom stereocenters. The number of phenols is 1. The Morgan fingerprint density at radius 3 is 2.58 bits per heavy atom. The fourth-order valence-corrected chi connectivity index (χ4v) is 2.96. The summed E-state index contributed by atoms with van der Waals surface area (Å²) in [6.45, 7) is 2.23. The molecule has 13 heteroatoms. The number of nitrogens with zero attached hydrogens (tertiary/aromatic N) is 6. The second kappa shape index (κ2) is 9.82. The smallest absolute Gasteiger partial charge is 0.270 e. The predicted molar refractivity (Wildman–Crippen MR) is 119 cm³/mol. The van der Waals surface area contributed by atoms with Crippen molar-refractivity contribution < 1.29 is 19.2 Å². The Bertz CT molecular complexity index is 1170. The van der Waals surface area contributed by atoms with Crippen LogP contribution in [0, 0.1) is 15.9 Å². The molecule has 0 spiro atoms. The molecular weight excluding hydrogens is 435 g/mol.